The van der Waals surface area contributed by atoms with Gasteiger partial charge in [-0.2, -0.15) is 0 Å². The number of benzene rings is 1. The molecule has 0 saturated heterocycles. The van der Waals surface area contributed by atoms with Crippen LogP contribution < -0.4 is 9.64 Å². The maximum atomic E-state index is 12.4. The third-order valence-electron chi connectivity index (χ3n) is 3.65. The minimum atomic E-state index is -1.51. The number of methoxy groups -OCH3 is 1. The van der Waals surface area contributed by atoms with E-state index in [0.29, 0.717) is 11.3 Å². The molecule has 0 aromatic heterocycles. The minimum Gasteiger partial charge on any atom is -0.497 e. The second-order valence-electron chi connectivity index (χ2n) is 5.71. The van der Waals surface area contributed by atoms with Crippen molar-refractivity contribution in [3.05, 3.63) is 23.8 Å². The van der Waals surface area contributed by atoms with Crippen LogP contribution >= 0.6 is 0 Å². The standard InChI is InChI=1S/C14H19NO3/c1-13(2,3)14(17)10-8-9(18-5)6-7-11(10)15(4)12(14)16/h6-8,17H,1-5H3. The van der Waals surface area contributed by atoms with Crippen molar-refractivity contribution in [1.82, 2.24) is 0 Å². The molecule has 4 nitrogen and oxygen atoms in total. The van der Waals surface area contributed by atoms with E-state index in [1.165, 1.54) is 4.90 Å². The van der Waals surface area contributed by atoms with Crippen LogP contribution in [0, 0.1) is 5.41 Å². The molecule has 4 heteroatoms. The fourth-order valence-electron chi connectivity index (χ4n) is 2.42. The van der Waals surface area contributed by atoms with E-state index in [1.807, 2.05) is 20.8 Å². The van der Waals surface area contributed by atoms with Gasteiger partial charge in [-0.3, -0.25) is 4.79 Å². The lowest BCUT2D eigenvalue weighted by Crippen LogP contribution is -2.48. The molecular formula is C14H19NO3. The zero-order valence-corrected chi connectivity index (χ0v) is 11.4. The van der Waals surface area contributed by atoms with Gasteiger partial charge in [0, 0.05) is 18.0 Å². The van der Waals surface area contributed by atoms with Gasteiger partial charge in [0.15, 0.2) is 5.60 Å². The van der Waals surface area contributed by atoms with Gasteiger partial charge in [-0.15, -0.1) is 0 Å². The Balaban J connectivity index is 2.70. The molecule has 1 aromatic carbocycles. The number of aliphatic hydroxyl groups is 1. The normalized spacial score (nSPS) is 23.2. The molecule has 1 aliphatic rings. The number of fused-ring (bicyclic) bond motifs is 1. The first kappa shape index (κ1) is 12.9. The first-order valence-electron chi connectivity index (χ1n) is 5.92. The molecule has 0 saturated carbocycles. The van der Waals surface area contributed by atoms with Crippen molar-refractivity contribution in [3.8, 4) is 5.75 Å². The summed E-state index contributed by atoms with van der Waals surface area (Å²) in [5, 5.41) is 10.9. The summed E-state index contributed by atoms with van der Waals surface area (Å²) >= 11 is 0. The van der Waals surface area contributed by atoms with Crippen molar-refractivity contribution in [1.29, 1.82) is 0 Å². The van der Waals surface area contributed by atoms with Gasteiger partial charge in [-0.1, -0.05) is 20.8 Å². The maximum Gasteiger partial charge on any atom is 0.263 e. The Morgan fingerprint density at radius 3 is 2.44 bits per heavy atom. The second kappa shape index (κ2) is 3.72. The Bertz CT molecular complexity index is 504. The Morgan fingerprint density at radius 1 is 1.33 bits per heavy atom. The van der Waals surface area contributed by atoms with Crippen molar-refractivity contribution in [2.45, 2.75) is 26.4 Å². The fourth-order valence-corrected chi connectivity index (χ4v) is 2.42. The molecule has 0 radical (unpaired) electrons. The van der Waals surface area contributed by atoms with Gasteiger partial charge in [0.25, 0.3) is 5.91 Å². The van der Waals surface area contributed by atoms with Crippen molar-refractivity contribution in [2.75, 3.05) is 19.1 Å². The highest BCUT2D eigenvalue weighted by molar-refractivity contribution is 6.07. The molecule has 18 heavy (non-hydrogen) atoms. The maximum absolute atomic E-state index is 12.4. The minimum absolute atomic E-state index is 0.293. The van der Waals surface area contributed by atoms with E-state index in [0.717, 1.165) is 5.69 Å². The van der Waals surface area contributed by atoms with E-state index >= 15 is 0 Å². The summed E-state index contributed by atoms with van der Waals surface area (Å²) in [4.78, 5) is 13.9. The molecule has 1 aromatic rings. The lowest BCUT2D eigenvalue weighted by atomic mass is 9.73. The molecule has 1 aliphatic heterocycles. The van der Waals surface area contributed by atoms with Crippen molar-refractivity contribution >= 4 is 11.6 Å². The third kappa shape index (κ3) is 1.45. The van der Waals surface area contributed by atoms with Crippen LogP contribution in [0.3, 0.4) is 0 Å². The van der Waals surface area contributed by atoms with Gasteiger partial charge in [0.05, 0.1) is 12.8 Å². The van der Waals surface area contributed by atoms with E-state index in [4.69, 9.17) is 4.74 Å². The number of nitrogens with zero attached hydrogens (tertiary/aromatic N) is 1. The molecule has 1 unspecified atom stereocenters. The Morgan fingerprint density at radius 2 is 1.94 bits per heavy atom. The van der Waals surface area contributed by atoms with E-state index in [9.17, 15) is 9.90 Å². The average Bonchev–Trinajstić information content (AvgIpc) is 2.51. The molecule has 1 N–H and O–H groups in total. The molecule has 1 heterocycles. The molecular weight excluding hydrogens is 230 g/mol. The summed E-state index contributed by atoms with van der Waals surface area (Å²) in [6.45, 7) is 5.56. The largest absolute Gasteiger partial charge is 0.497 e. The molecule has 2 rings (SSSR count). The summed E-state index contributed by atoms with van der Waals surface area (Å²) in [5.41, 5.74) is -0.748. The summed E-state index contributed by atoms with van der Waals surface area (Å²) in [6, 6.07) is 5.33. The predicted molar refractivity (Wildman–Crippen MR) is 69.8 cm³/mol. The molecule has 0 fully saturated rings. The van der Waals surface area contributed by atoms with Crippen molar-refractivity contribution < 1.29 is 14.6 Å². The van der Waals surface area contributed by atoms with Gasteiger partial charge in [-0.25, -0.2) is 0 Å². The van der Waals surface area contributed by atoms with Crippen molar-refractivity contribution in [3.63, 3.8) is 0 Å². The molecule has 1 atom stereocenters. The van der Waals surface area contributed by atoms with Crippen LogP contribution in [-0.2, 0) is 10.4 Å². The van der Waals surface area contributed by atoms with Crippen LogP contribution in [0.4, 0.5) is 5.69 Å². The van der Waals surface area contributed by atoms with Crippen LogP contribution in [-0.4, -0.2) is 25.2 Å². The van der Waals surface area contributed by atoms with E-state index in [2.05, 4.69) is 0 Å². The van der Waals surface area contributed by atoms with Crippen molar-refractivity contribution in [2.24, 2.45) is 5.41 Å². The lowest BCUT2D eigenvalue weighted by Gasteiger charge is -2.35. The monoisotopic (exact) mass is 249 g/mol. The Hall–Kier alpha value is -1.55. The van der Waals surface area contributed by atoms with Gasteiger partial charge in [-0.05, 0) is 18.2 Å². The SMILES string of the molecule is COc1ccc2c(c1)C(O)(C(C)(C)C)C(=O)N2C. The number of carbonyl (C=O) groups is 1. The van der Waals surface area contributed by atoms with Crippen LogP contribution in [0.2, 0.25) is 0 Å². The second-order valence-corrected chi connectivity index (χ2v) is 5.71. The Kier molecular flexibility index (Phi) is 2.66. The molecule has 0 spiro atoms. The number of ether oxygens (including phenoxy) is 1. The van der Waals surface area contributed by atoms with E-state index in [-0.39, 0.29) is 5.91 Å². The summed E-state index contributed by atoms with van der Waals surface area (Å²) in [6.07, 6.45) is 0. The first-order valence-corrected chi connectivity index (χ1v) is 5.92. The topological polar surface area (TPSA) is 49.8 Å². The van der Waals surface area contributed by atoms with Gasteiger partial charge in [0.1, 0.15) is 5.75 Å². The van der Waals surface area contributed by atoms with Crippen LogP contribution in [0.25, 0.3) is 0 Å². The van der Waals surface area contributed by atoms with Crippen LogP contribution in [0.5, 0.6) is 5.75 Å². The number of likely N-dealkylation sites (N-methyl/N-ethyl adjacent to an activating group) is 1. The van der Waals surface area contributed by atoms with Crippen LogP contribution in [0.15, 0.2) is 18.2 Å². The summed E-state index contributed by atoms with van der Waals surface area (Å²) in [5.74, 6) is 0.345. The average molecular weight is 249 g/mol. The zero-order valence-electron chi connectivity index (χ0n) is 11.4. The van der Waals surface area contributed by atoms with Gasteiger partial charge < -0.3 is 14.7 Å². The highest BCUT2D eigenvalue weighted by Crippen LogP contribution is 2.50. The number of hydrogen-bond donors (Lipinski definition) is 1. The Labute approximate surface area is 107 Å². The molecule has 1 amide bonds. The lowest BCUT2D eigenvalue weighted by molar-refractivity contribution is -0.148. The zero-order chi connectivity index (χ0) is 13.7. The number of amides is 1. The number of rotatable bonds is 1. The molecule has 0 aliphatic carbocycles. The quantitative estimate of drug-likeness (QED) is 0.827. The third-order valence-corrected chi connectivity index (χ3v) is 3.65. The molecule has 0 bridgehead atoms. The summed E-state index contributed by atoms with van der Waals surface area (Å²) in [7, 11) is 3.25. The number of hydrogen-bond acceptors (Lipinski definition) is 3. The van der Waals surface area contributed by atoms with Crippen LogP contribution in [0.1, 0.15) is 26.3 Å². The molecule has 98 valence electrons. The fraction of sp³-hybridized carbons (Fsp3) is 0.500. The predicted octanol–water partition coefficient (Wildman–Crippen LogP) is 1.91. The van der Waals surface area contributed by atoms with E-state index in [1.54, 1.807) is 32.4 Å². The van der Waals surface area contributed by atoms with Gasteiger partial charge >= 0.3 is 0 Å². The number of carbonyl (C=O) groups excluding carboxylic acids is 1. The summed E-state index contributed by atoms with van der Waals surface area (Å²) < 4.78 is 5.18. The van der Waals surface area contributed by atoms with E-state index < -0.39 is 11.0 Å². The highest BCUT2D eigenvalue weighted by Gasteiger charge is 2.55. The smallest absolute Gasteiger partial charge is 0.263 e. The van der Waals surface area contributed by atoms with Gasteiger partial charge in [0.2, 0.25) is 0 Å². The first-order chi connectivity index (χ1) is 8.23. The number of anilines is 1. The highest BCUT2D eigenvalue weighted by atomic mass is 16.5.